The molecule has 0 atom stereocenters. The topological polar surface area (TPSA) is 87.7 Å². The molecule has 2 N–H and O–H groups in total. The second-order valence-corrected chi connectivity index (χ2v) is 10.3. The number of nitrogens with zero attached hydrogens (tertiary/aromatic N) is 1. The first kappa shape index (κ1) is 24.6. The zero-order valence-corrected chi connectivity index (χ0v) is 21.1. The van der Waals surface area contributed by atoms with E-state index in [0.717, 1.165) is 36.3 Å². The third kappa shape index (κ3) is 5.59. The van der Waals surface area contributed by atoms with Gasteiger partial charge in [0.1, 0.15) is 10.6 Å². The van der Waals surface area contributed by atoms with Crippen LogP contribution in [0.2, 0.25) is 0 Å². The monoisotopic (exact) mass is 493 g/mol. The van der Waals surface area contributed by atoms with Crippen molar-refractivity contribution < 1.29 is 17.9 Å². The fraction of sp³-hybridized carbons (Fsp3) is 0.296. The van der Waals surface area contributed by atoms with Gasteiger partial charge in [-0.3, -0.25) is 9.52 Å². The van der Waals surface area contributed by atoms with E-state index in [-0.39, 0.29) is 16.2 Å². The Morgan fingerprint density at radius 3 is 2.34 bits per heavy atom. The number of sulfonamides is 1. The third-order valence-corrected chi connectivity index (χ3v) is 7.66. The molecule has 35 heavy (non-hydrogen) atoms. The molecule has 1 saturated heterocycles. The minimum absolute atomic E-state index is 0.103. The first-order chi connectivity index (χ1) is 16.8. The van der Waals surface area contributed by atoms with Gasteiger partial charge < -0.3 is 15.0 Å². The quantitative estimate of drug-likeness (QED) is 0.449. The second-order valence-electron chi connectivity index (χ2n) is 8.67. The molecule has 3 aromatic carbocycles. The van der Waals surface area contributed by atoms with Crippen molar-refractivity contribution in [3.8, 4) is 5.75 Å². The number of carbonyl (C=O) groups excluding carboxylic acids is 1. The number of carbonyl (C=O) groups is 1. The van der Waals surface area contributed by atoms with Gasteiger partial charge in [0, 0.05) is 35.7 Å². The van der Waals surface area contributed by atoms with E-state index in [2.05, 4.69) is 21.0 Å². The van der Waals surface area contributed by atoms with Gasteiger partial charge in [-0.2, -0.15) is 0 Å². The highest BCUT2D eigenvalue weighted by Gasteiger charge is 2.22. The van der Waals surface area contributed by atoms with Gasteiger partial charge in [0.2, 0.25) is 0 Å². The fourth-order valence-electron chi connectivity index (χ4n) is 4.20. The number of nitrogens with one attached hydrogen (secondary N) is 2. The third-order valence-electron chi connectivity index (χ3n) is 6.26. The Labute approximate surface area is 207 Å². The van der Waals surface area contributed by atoms with Crippen LogP contribution in [0.25, 0.3) is 0 Å². The number of aryl methyl sites for hydroxylation is 2. The second kappa shape index (κ2) is 10.4. The molecular formula is C27H31N3O4S. The standard InChI is InChI=1S/C27H31N3O4S/c1-4-20-7-10-22(11-8-20)29-35(32,33)26-18-21(9-14-25(26)34-3)27(31)28-24-13-12-23(17-19(24)2)30-15-5-6-16-30/h7-14,17-18,29H,4-6,15-16H2,1-3H3,(H,28,31). The van der Waals surface area contributed by atoms with Crippen molar-refractivity contribution in [1.29, 1.82) is 0 Å². The molecule has 4 rings (SSSR count). The Morgan fingerprint density at radius 2 is 1.71 bits per heavy atom. The molecular weight excluding hydrogens is 462 g/mol. The summed E-state index contributed by atoms with van der Waals surface area (Å²) in [5, 5.41) is 2.91. The zero-order valence-electron chi connectivity index (χ0n) is 20.3. The summed E-state index contributed by atoms with van der Waals surface area (Å²) in [4.78, 5) is 15.3. The van der Waals surface area contributed by atoms with E-state index >= 15 is 0 Å². The number of anilines is 3. The van der Waals surface area contributed by atoms with Crippen LogP contribution in [0, 0.1) is 6.92 Å². The molecule has 1 amide bonds. The van der Waals surface area contributed by atoms with Crippen LogP contribution in [0.1, 0.15) is 41.3 Å². The van der Waals surface area contributed by atoms with Crippen LogP contribution >= 0.6 is 0 Å². The van der Waals surface area contributed by atoms with Gasteiger partial charge in [0.15, 0.2) is 0 Å². The highest BCUT2D eigenvalue weighted by Crippen LogP contribution is 2.29. The van der Waals surface area contributed by atoms with Gasteiger partial charge in [0.25, 0.3) is 15.9 Å². The molecule has 0 spiro atoms. The van der Waals surface area contributed by atoms with Gasteiger partial charge in [0.05, 0.1) is 7.11 Å². The summed E-state index contributed by atoms with van der Waals surface area (Å²) in [5.74, 6) is -0.237. The van der Waals surface area contributed by atoms with Crippen molar-refractivity contribution in [2.24, 2.45) is 0 Å². The molecule has 1 fully saturated rings. The van der Waals surface area contributed by atoms with Gasteiger partial charge in [-0.1, -0.05) is 19.1 Å². The highest BCUT2D eigenvalue weighted by molar-refractivity contribution is 7.92. The van der Waals surface area contributed by atoms with E-state index in [9.17, 15) is 13.2 Å². The van der Waals surface area contributed by atoms with E-state index in [1.807, 2.05) is 38.1 Å². The number of hydrogen-bond donors (Lipinski definition) is 2. The summed E-state index contributed by atoms with van der Waals surface area (Å²) in [5.41, 5.74) is 4.54. The summed E-state index contributed by atoms with van der Waals surface area (Å²) < 4.78 is 34.2. The maximum absolute atomic E-state index is 13.2. The molecule has 7 nitrogen and oxygen atoms in total. The van der Waals surface area contributed by atoms with Gasteiger partial charge in [-0.05, 0) is 85.8 Å². The van der Waals surface area contributed by atoms with Crippen LogP contribution in [0.15, 0.2) is 65.6 Å². The normalized spacial score (nSPS) is 13.5. The lowest BCUT2D eigenvalue weighted by Crippen LogP contribution is -2.19. The summed E-state index contributed by atoms with van der Waals surface area (Å²) in [6.07, 6.45) is 3.25. The van der Waals surface area contributed by atoms with Crippen molar-refractivity contribution in [3.63, 3.8) is 0 Å². The molecule has 1 heterocycles. The van der Waals surface area contributed by atoms with Crippen LogP contribution < -0.4 is 19.7 Å². The molecule has 0 aromatic heterocycles. The number of hydrogen-bond acceptors (Lipinski definition) is 5. The molecule has 1 aliphatic rings. The van der Waals surface area contributed by atoms with Crippen LogP contribution in [0.4, 0.5) is 17.1 Å². The van der Waals surface area contributed by atoms with Crippen LogP contribution in [0.3, 0.4) is 0 Å². The summed E-state index contributed by atoms with van der Waals surface area (Å²) >= 11 is 0. The van der Waals surface area contributed by atoms with Crippen molar-refractivity contribution in [3.05, 3.63) is 77.4 Å². The molecule has 0 saturated carbocycles. The molecule has 3 aromatic rings. The average Bonchev–Trinajstić information content (AvgIpc) is 3.40. The molecule has 8 heteroatoms. The van der Waals surface area contributed by atoms with E-state index in [1.54, 1.807) is 18.2 Å². The Hall–Kier alpha value is -3.52. The van der Waals surface area contributed by atoms with Gasteiger partial charge >= 0.3 is 0 Å². The Balaban J connectivity index is 1.56. The van der Waals surface area contributed by atoms with E-state index in [4.69, 9.17) is 4.74 Å². The lowest BCUT2D eigenvalue weighted by Gasteiger charge is -2.19. The van der Waals surface area contributed by atoms with Gasteiger partial charge in [-0.15, -0.1) is 0 Å². The van der Waals surface area contributed by atoms with E-state index < -0.39 is 15.9 Å². The summed E-state index contributed by atoms with van der Waals surface area (Å²) in [6.45, 7) is 6.08. The SMILES string of the molecule is CCc1ccc(NS(=O)(=O)c2cc(C(=O)Nc3ccc(N4CCCC4)cc3C)ccc2OC)cc1. The Bertz CT molecular complexity index is 1310. The molecule has 1 aliphatic heterocycles. The highest BCUT2D eigenvalue weighted by atomic mass is 32.2. The van der Waals surface area contributed by atoms with Crippen molar-refractivity contribution in [2.45, 2.75) is 38.0 Å². The largest absolute Gasteiger partial charge is 0.495 e. The lowest BCUT2D eigenvalue weighted by molar-refractivity contribution is 0.102. The number of methoxy groups -OCH3 is 1. The predicted molar refractivity (Wildman–Crippen MR) is 140 cm³/mol. The molecule has 0 bridgehead atoms. The molecule has 0 aliphatic carbocycles. The van der Waals surface area contributed by atoms with Crippen LogP contribution in [0.5, 0.6) is 5.75 Å². The molecule has 0 unspecified atom stereocenters. The Kier molecular flexibility index (Phi) is 7.31. The lowest BCUT2D eigenvalue weighted by atomic mass is 10.1. The Morgan fingerprint density at radius 1 is 1.00 bits per heavy atom. The van der Waals surface area contributed by atoms with Crippen LogP contribution in [-0.4, -0.2) is 34.5 Å². The molecule has 184 valence electrons. The van der Waals surface area contributed by atoms with E-state index in [0.29, 0.717) is 11.4 Å². The zero-order chi connectivity index (χ0) is 25.0. The van der Waals surface area contributed by atoms with Crippen LogP contribution in [-0.2, 0) is 16.4 Å². The first-order valence-corrected chi connectivity index (χ1v) is 13.3. The number of benzene rings is 3. The maximum Gasteiger partial charge on any atom is 0.265 e. The number of amides is 1. The minimum atomic E-state index is -3.99. The fourth-order valence-corrected chi connectivity index (χ4v) is 5.46. The first-order valence-electron chi connectivity index (χ1n) is 11.8. The van der Waals surface area contributed by atoms with Crippen molar-refractivity contribution in [1.82, 2.24) is 0 Å². The average molecular weight is 494 g/mol. The summed E-state index contributed by atoms with van der Waals surface area (Å²) in [6, 6.07) is 17.5. The van der Waals surface area contributed by atoms with Crippen molar-refractivity contribution >= 4 is 33.0 Å². The van der Waals surface area contributed by atoms with Gasteiger partial charge in [-0.25, -0.2) is 8.42 Å². The minimum Gasteiger partial charge on any atom is -0.495 e. The smallest absolute Gasteiger partial charge is 0.265 e. The summed E-state index contributed by atoms with van der Waals surface area (Å²) in [7, 11) is -2.59. The van der Waals surface area contributed by atoms with Crippen molar-refractivity contribution in [2.75, 3.05) is 35.1 Å². The number of ether oxygens (including phenoxy) is 1. The number of rotatable bonds is 8. The predicted octanol–water partition coefficient (Wildman–Crippen LogP) is 5.22. The van der Waals surface area contributed by atoms with E-state index in [1.165, 1.54) is 32.1 Å². The maximum atomic E-state index is 13.2. The molecule has 0 radical (unpaired) electrons.